The number of rotatable bonds is 2. The van der Waals surface area contributed by atoms with Gasteiger partial charge in [0.15, 0.2) is 11.5 Å². The number of sulfonamides is 1. The van der Waals surface area contributed by atoms with Crippen LogP contribution >= 0.6 is 0 Å². The molecule has 21 heavy (non-hydrogen) atoms. The van der Waals surface area contributed by atoms with E-state index in [1.165, 1.54) is 13.2 Å². The van der Waals surface area contributed by atoms with Gasteiger partial charge in [-0.05, 0) is 24.3 Å². The third-order valence-electron chi connectivity index (χ3n) is 2.99. The molecule has 0 unspecified atom stereocenters. The predicted molar refractivity (Wildman–Crippen MR) is 78.2 cm³/mol. The van der Waals surface area contributed by atoms with Crippen molar-refractivity contribution in [1.82, 2.24) is 0 Å². The van der Waals surface area contributed by atoms with Crippen LogP contribution in [0.25, 0.3) is 0 Å². The number of hydrogen-bond donors (Lipinski definition) is 1. The summed E-state index contributed by atoms with van der Waals surface area (Å²) in [7, 11) is -2.23. The molecular weight excluding hydrogens is 292 g/mol. The summed E-state index contributed by atoms with van der Waals surface area (Å²) in [5, 5.41) is 0. The van der Waals surface area contributed by atoms with Gasteiger partial charge < -0.3 is 15.2 Å². The Hall–Kier alpha value is -2.54. The van der Waals surface area contributed by atoms with Crippen LogP contribution in [-0.4, -0.2) is 21.4 Å². The molecule has 108 valence electrons. The van der Waals surface area contributed by atoms with Gasteiger partial charge >= 0.3 is 0 Å². The first-order chi connectivity index (χ1) is 10.0. The summed E-state index contributed by atoms with van der Waals surface area (Å²) in [6, 6.07) is 11.3. The monoisotopic (exact) mass is 304 g/mol. The van der Waals surface area contributed by atoms with E-state index >= 15 is 0 Å². The van der Waals surface area contributed by atoms with Crippen molar-refractivity contribution in [3.8, 4) is 11.5 Å². The lowest BCUT2D eigenvalue weighted by Gasteiger charge is -2.10. The van der Waals surface area contributed by atoms with Gasteiger partial charge in [-0.25, -0.2) is 0 Å². The minimum Gasteiger partial charge on any atom is -0.493 e. The topological polar surface area (TPSA) is 91.0 Å². The molecule has 0 saturated heterocycles. The summed E-state index contributed by atoms with van der Waals surface area (Å²) in [6.45, 7) is 0. The molecule has 0 bridgehead atoms. The van der Waals surface area contributed by atoms with Crippen LogP contribution in [0.5, 0.6) is 11.5 Å². The Morgan fingerprint density at radius 1 is 1.10 bits per heavy atom. The highest BCUT2D eigenvalue weighted by atomic mass is 32.2. The fraction of sp³-hybridized carbons (Fsp3) is 0.0714. The lowest BCUT2D eigenvalue weighted by atomic mass is 10.2. The van der Waals surface area contributed by atoms with Crippen LogP contribution in [-0.2, 0) is 10.0 Å². The van der Waals surface area contributed by atoms with E-state index in [1.54, 1.807) is 36.4 Å². The maximum atomic E-state index is 11.9. The summed E-state index contributed by atoms with van der Waals surface area (Å²) in [6.07, 6.45) is 0. The van der Waals surface area contributed by atoms with Gasteiger partial charge in [-0.3, -0.25) is 0 Å². The lowest BCUT2D eigenvalue weighted by Crippen LogP contribution is -2.08. The molecule has 1 heterocycles. The zero-order valence-corrected chi connectivity index (χ0v) is 11.9. The molecule has 0 aromatic heterocycles. The summed E-state index contributed by atoms with van der Waals surface area (Å²) in [5.74, 6) is 0.769. The van der Waals surface area contributed by atoms with Crippen LogP contribution in [0.4, 0.5) is 5.69 Å². The molecule has 0 spiro atoms. The highest BCUT2D eigenvalue weighted by molar-refractivity contribution is 7.90. The van der Waals surface area contributed by atoms with Crippen LogP contribution in [0.3, 0.4) is 0 Å². The minimum atomic E-state index is -3.71. The van der Waals surface area contributed by atoms with E-state index < -0.39 is 10.0 Å². The van der Waals surface area contributed by atoms with E-state index in [1.807, 2.05) is 0 Å². The van der Waals surface area contributed by atoms with E-state index in [2.05, 4.69) is 4.40 Å². The van der Waals surface area contributed by atoms with Crippen LogP contribution in [0, 0.1) is 0 Å². The third kappa shape index (κ3) is 2.31. The fourth-order valence-electron chi connectivity index (χ4n) is 2.02. The fourth-order valence-corrected chi connectivity index (χ4v) is 3.16. The van der Waals surface area contributed by atoms with Crippen molar-refractivity contribution in [1.29, 1.82) is 0 Å². The Kier molecular flexibility index (Phi) is 3.06. The summed E-state index contributed by atoms with van der Waals surface area (Å²) < 4.78 is 38.3. The molecule has 0 amide bonds. The number of nitrogens with zero attached hydrogens (tertiary/aromatic N) is 1. The number of hydrogen-bond acceptors (Lipinski definition) is 5. The molecule has 6 nitrogen and oxygen atoms in total. The highest BCUT2D eigenvalue weighted by Crippen LogP contribution is 2.33. The van der Waals surface area contributed by atoms with E-state index in [0.29, 0.717) is 22.7 Å². The molecule has 1 aliphatic heterocycles. The molecular formula is C14H12N2O4S. The van der Waals surface area contributed by atoms with Crippen molar-refractivity contribution in [2.45, 2.75) is 4.90 Å². The third-order valence-corrected chi connectivity index (χ3v) is 4.31. The molecule has 0 radical (unpaired) electrons. The van der Waals surface area contributed by atoms with Gasteiger partial charge in [-0.15, -0.1) is 4.40 Å². The zero-order valence-electron chi connectivity index (χ0n) is 11.1. The second-order valence-electron chi connectivity index (χ2n) is 4.38. The molecule has 7 heteroatoms. The first-order valence-corrected chi connectivity index (χ1v) is 7.51. The SMILES string of the molecule is COc1cc(N)ccc1OC1=NS(=O)(=O)c2ccccc21. The summed E-state index contributed by atoms with van der Waals surface area (Å²) in [5.41, 5.74) is 6.61. The van der Waals surface area contributed by atoms with Gasteiger partial charge in [0.05, 0.1) is 12.7 Å². The standard InChI is InChI=1S/C14H12N2O4S/c1-19-12-8-9(15)6-7-11(12)20-14-10-4-2-3-5-13(10)21(17,18)16-14/h2-8H,15H2,1H3. The molecule has 2 aromatic rings. The number of ether oxygens (including phenoxy) is 2. The van der Waals surface area contributed by atoms with E-state index in [0.717, 1.165) is 0 Å². The van der Waals surface area contributed by atoms with Gasteiger partial charge in [-0.2, -0.15) is 8.42 Å². The van der Waals surface area contributed by atoms with Gasteiger partial charge in [0, 0.05) is 11.8 Å². The molecule has 2 aromatic carbocycles. The number of methoxy groups -OCH3 is 1. The second-order valence-corrected chi connectivity index (χ2v) is 5.95. The average Bonchev–Trinajstić information content (AvgIpc) is 2.73. The van der Waals surface area contributed by atoms with Gasteiger partial charge in [-0.1, -0.05) is 12.1 Å². The van der Waals surface area contributed by atoms with E-state index in [9.17, 15) is 8.42 Å². The predicted octanol–water partition coefficient (Wildman–Crippen LogP) is 1.81. The van der Waals surface area contributed by atoms with Crippen LogP contribution < -0.4 is 15.2 Å². The molecule has 3 rings (SSSR count). The van der Waals surface area contributed by atoms with Crippen molar-refractivity contribution in [2.24, 2.45) is 4.40 Å². The number of nitrogen functional groups attached to an aromatic ring is 1. The average molecular weight is 304 g/mol. The molecule has 1 aliphatic rings. The Bertz CT molecular complexity index is 844. The van der Waals surface area contributed by atoms with Crippen molar-refractivity contribution in [3.05, 3.63) is 48.0 Å². The second kappa shape index (κ2) is 4.78. The smallest absolute Gasteiger partial charge is 0.286 e. The van der Waals surface area contributed by atoms with Gasteiger partial charge in [0.25, 0.3) is 10.0 Å². The van der Waals surface area contributed by atoms with Gasteiger partial charge in [0.2, 0.25) is 5.90 Å². The number of fused-ring (bicyclic) bond motifs is 1. The molecule has 0 aliphatic carbocycles. The lowest BCUT2D eigenvalue weighted by molar-refractivity contribution is 0.392. The zero-order chi connectivity index (χ0) is 15.0. The Morgan fingerprint density at radius 3 is 2.62 bits per heavy atom. The largest absolute Gasteiger partial charge is 0.493 e. The summed E-state index contributed by atoms with van der Waals surface area (Å²) in [4.78, 5) is 0.134. The van der Waals surface area contributed by atoms with E-state index in [-0.39, 0.29) is 10.8 Å². The Balaban J connectivity index is 2.04. The first-order valence-electron chi connectivity index (χ1n) is 6.07. The maximum absolute atomic E-state index is 11.9. The molecule has 0 fully saturated rings. The quantitative estimate of drug-likeness (QED) is 0.854. The van der Waals surface area contributed by atoms with Crippen molar-refractivity contribution in [2.75, 3.05) is 12.8 Å². The molecule has 0 saturated carbocycles. The Labute approximate surface area is 121 Å². The normalized spacial score (nSPS) is 15.2. The molecule has 2 N–H and O–H groups in total. The summed E-state index contributed by atoms with van der Waals surface area (Å²) >= 11 is 0. The van der Waals surface area contributed by atoms with Crippen molar-refractivity contribution >= 4 is 21.6 Å². The molecule has 0 atom stereocenters. The van der Waals surface area contributed by atoms with Crippen LogP contribution in [0.1, 0.15) is 5.56 Å². The van der Waals surface area contributed by atoms with Crippen molar-refractivity contribution < 1.29 is 17.9 Å². The highest BCUT2D eigenvalue weighted by Gasteiger charge is 2.30. The maximum Gasteiger partial charge on any atom is 0.286 e. The van der Waals surface area contributed by atoms with Crippen molar-refractivity contribution in [3.63, 3.8) is 0 Å². The van der Waals surface area contributed by atoms with E-state index in [4.69, 9.17) is 15.2 Å². The van der Waals surface area contributed by atoms with Crippen LogP contribution in [0.15, 0.2) is 51.8 Å². The first kappa shape index (κ1) is 13.4. The number of nitrogens with two attached hydrogens (primary N) is 1. The Morgan fingerprint density at radius 2 is 1.86 bits per heavy atom. The number of anilines is 1. The van der Waals surface area contributed by atoms with Crippen LogP contribution in [0.2, 0.25) is 0 Å². The van der Waals surface area contributed by atoms with Gasteiger partial charge in [0.1, 0.15) is 4.90 Å². The minimum absolute atomic E-state index is 0.0219. The number of benzene rings is 2.